The molecular formula is C18H11BrCl2N2O2S. The Morgan fingerprint density at radius 2 is 2.12 bits per heavy atom. The SMILES string of the molecule is C#CCn1c(=NC(=O)COc2ccc(Cl)cc2Cl)sc2cc(Br)ccc21. The number of hydrogen-bond donors (Lipinski definition) is 0. The number of nitrogens with zero attached hydrogens (tertiary/aromatic N) is 2. The van der Waals surface area contributed by atoms with Gasteiger partial charge < -0.3 is 9.30 Å². The molecule has 8 heteroatoms. The normalized spacial score (nSPS) is 11.5. The van der Waals surface area contributed by atoms with E-state index in [4.69, 9.17) is 34.4 Å². The molecule has 0 spiro atoms. The maximum absolute atomic E-state index is 12.2. The van der Waals surface area contributed by atoms with Crippen LogP contribution in [0.3, 0.4) is 0 Å². The van der Waals surface area contributed by atoms with Crippen molar-refractivity contribution < 1.29 is 9.53 Å². The minimum atomic E-state index is -0.438. The largest absolute Gasteiger partial charge is 0.482 e. The summed E-state index contributed by atoms with van der Waals surface area (Å²) in [7, 11) is 0. The number of ether oxygens (including phenoxy) is 1. The van der Waals surface area contributed by atoms with Gasteiger partial charge in [0.05, 0.1) is 21.8 Å². The zero-order chi connectivity index (χ0) is 18.7. The van der Waals surface area contributed by atoms with Gasteiger partial charge in [0.25, 0.3) is 5.91 Å². The molecule has 0 radical (unpaired) electrons. The zero-order valence-electron chi connectivity index (χ0n) is 13.2. The van der Waals surface area contributed by atoms with Crippen LogP contribution in [-0.4, -0.2) is 17.1 Å². The number of halogens is 3. The summed E-state index contributed by atoms with van der Waals surface area (Å²) in [4.78, 5) is 16.9. The van der Waals surface area contributed by atoms with Gasteiger partial charge in [-0.1, -0.05) is 56.4 Å². The van der Waals surface area contributed by atoms with Crippen molar-refractivity contribution in [3.63, 3.8) is 0 Å². The van der Waals surface area contributed by atoms with Crippen molar-refractivity contribution in [1.29, 1.82) is 0 Å². The number of fused-ring (bicyclic) bond motifs is 1. The molecule has 0 fully saturated rings. The van der Waals surface area contributed by atoms with Crippen molar-refractivity contribution in [3.05, 3.63) is 55.7 Å². The van der Waals surface area contributed by atoms with Crippen LogP contribution >= 0.6 is 50.5 Å². The lowest BCUT2D eigenvalue weighted by Gasteiger charge is -2.05. The van der Waals surface area contributed by atoms with E-state index in [-0.39, 0.29) is 6.61 Å². The van der Waals surface area contributed by atoms with Gasteiger partial charge in [0.2, 0.25) is 0 Å². The molecule has 0 saturated heterocycles. The van der Waals surface area contributed by atoms with E-state index in [1.165, 1.54) is 11.3 Å². The summed E-state index contributed by atoms with van der Waals surface area (Å²) < 4.78 is 9.17. The van der Waals surface area contributed by atoms with E-state index >= 15 is 0 Å². The van der Waals surface area contributed by atoms with Crippen LogP contribution in [0, 0.1) is 12.3 Å². The van der Waals surface area contributed by atoms with E-state index in [0.717, 1.165) is 14.7 Å². The zero-order valence-corrected chi connectivity index (χ0v) is 17.1. The van der Waals surface area contributed by atoms with Crippen LogP contribution in [0.15, 0.2) is 45.9 Å². The van der Waals surface area contributed by atoms with Crippen LogP contribution < -0.4 is 9.54 Å². The molecule has 0 saturated carbocycles. The third kappa shape index (κ3) is 4.30. The van der Waals surface area contributed by atoms with E-state index in [1.54, 1.807) is 18.2 Å². The van der Waals surface area contributed by atoms with Crippen molar-refractivity contribution in [3.8, 4) is 18.1 Å². The molecule has 4 nitrogen and oxygen atoms in total. The summed E-state index contributed by atoms with van der Waals surface area (Å²) in [6.07, 6.45) is 5.45. The third-order valence-corrected chi connectivity index (χ3v) is 5.42. The van der Waals surface area contributed by atoms with E-state index in [1.807, 2.05) is 22.8 Å². The predicted molar refractivity (Wildman–Crippen MR) is 109 cm³/mol. The van der Waals surface area contributed by atoms with Crippen molar-refractivity contribution >= 4 is 66.6 Å². The molecule has 1 heterocycles. The van der Waals surface area contributed by atoms with Gasteiger partial charge in [0.1, 0.15) is 5.75 Å². The number of hydrogen-bond acceptors (Lipinski definition) is 3. The van der Waals surface area contributed by atoms with Gasteiger partial charge >= 0.3 is 0 Å². The first-order chi connectivity index (χ1) is 12.5. The Morgan fingerprint density at radius 3 is 2.85 bits per heavy atom. The molecule has 132 valence electrons. The highest BCUT2D eigenvalue weighted by molar-refractivity contribution is 9.10. The number of amides is 1. The molecule has 0 aliphatic heterocycles. The van der Waals surface area contributed by atoms with Gasteiger partial charge in [0.15, 0.2) is 11.4 Å². The Labute approximate surface area is 172 Å². The topological polar surface area (TPSA) is 43.6 Å². The lowest BCUT2D eigenvalue weighted by Crippen LogP contribution is -2.19. The molecule has 2 aromatic carbocycles. The molecule has 0 unspecified atom stereocenters. The third-order valence-electron chi connectivity index (χ3n) is 3.36. The van der Waals surface area contributed by atoms with E-state index in [2.05, 4.69) is 26.8 Å². The fourth-order valence-corrected chi connectivity index (χ4v) is 4.31. The summed E-state index contributed by atoms with van der Waals surface area (Å²) in [5, 5.41) is 0.824. The van der Waals surface area contributed by atoms with Crippen molar-refractivity contribution in [2.75, 3.05) is 6.61 Å². The van der Waals surface area contributed by atoms with Crippen molar-refractivity contribution in [1.82, 2.24) is 4.57 Å². The maximum Gasteiger partial charge on any atom is 0.286 e. The Balaban J connectivity index is 1.87. The summed E-state index contributed by atoms with van der Waals surface area (Å²) in [5.74, 6) is 2.52. The number of carbonyl (C=O) groups excluding carboxylic acids is 1. The fraction of sp³-hybridized carbons (Fsp3) is 0.111. The Hall–Kier alpha value is -1.78. The van der Waals surface area contributed by atoms with E-state index in [0.29, 0.717) is 27.1 Å². The lowest BCUT2D eigenvalue weighted by atomic mass is 10.3. The molecule has 0 bridgehead atoms. The van der Waals surface area contributed by atoms with Gasteiger partial charge in [-0.3, -0.25) is 4.79 Å². The maximum atomic E-state index is 12.2. The van der Waals surface area contributed by atoms with E-state index < -0.39 is 5.91 Å². The summed E-state index contributed by atoms with van der Waals surface area (Å²) >= 11 is 16.7. The number of aromatic nitrogens is 1. The highest BCUT2D eigenvalue weighted by Gasteiger charge is 2.09. The van der Waals surface area contributed by atoms with Crippen molar-refractivity contribution in [2.45, 2.75) is 6.54 Å². The standard InChI is InChI=1S/C18H11BrCl2N2O2S/c1-2-7-23-14-5-3-11(19)8-16(14)26-18(23)22-17(24)10-25-15-6-4-12(20)9-13(15)21/h1,3-6,8-9H,7,10H2. The molecule has 3 rings (SSSR count). The molecule has 1 aromatic heterocycles. The average Bonchev–Trinajstić information content (AvgIpc) is 2.91. The molecule has 0 atom stereocenters. The fourth-order valence-electron chi connectivity index (χ4n) is 2.25. The summed E-state index contributed by atoms with van der Waals surface area (Å²) in [6.45, 7) is 0.0764. The molecular weight excluding hydrogens is 459 g/mol. The quantitative estimate of drug-likeness (QED) is 0.509. The second-order valence-electron chi connectivity index (χ2n) is 5.16. The second kappa shape index (κ2) is 8.28. The number of benzene rings is 2. The second-order valence-corrected chi connectivity index (χ2v) is 7.92. The van der Waals surface area contributed by atoms with Crippen LogP contribution in [0.1, 0.15) is 0 Å². The Morgan fingerprint density at radius 1 is 1.31 bits per heavy atom. The number of rotatable bonds is 4. The smallest absolute Gasteiger partial charge is 0.286 e. The average molecular weight is 470 g/mol. The predicted octanol–water partition coefficient (Wildman–Crippen LogP) is 4.91. The first-order valence-electron chi connectivity index (χ1n) is 7.35. The number of terminal acetylenes is 1. The molecule has 0 aliphatic carbocycles. The monoisotopic (exact) mass is 468 g/mol. The van der Waals surface area contributed by atoms with Crippen LogP contribution in [0.2, 0.25) is 10.0 Å². The van der Waals surface area contributed by atoms with Crippen LogP contribution in [0.4, 0.5) is 0 Å². The van der Waals surface area contributed by atoms with Gasteiger partial charge in [0, 0.05) is 9.50 Å². The molecule has 1 amide bonds. The molecule has 0 aliphatic rings. The first-order valence-corrected chi connectivity index (χ1v) is 9.72. The number of thiazole rings is 1. The minimum Gasteiger partial charge on any atom is -0.482 e. The Bertz CT molecular complexity index is 1100. The van der Waals surface area contributed by atoms with Crippen LogP contribution in [0.5, 0.6) is 5.75 Å². The van der Waals surface area contributed by atoms with Crippen molar-refractivity contribution in [2.24, 2.45) is 4.99 Å². The number of carbonyl (C=O) groups is 1. The first kappa shape index (κ1) is 19.0. The molecule has 26 heavy (non-hydrogen) atoms. The van der Waals surface area contributed by atoms with Gasteiger partial charge in [-0.15, -0.1) is 6.42 Å². The summed E-state index contributed by atoms with van der Waals surface area (Å²) in [5.41, 5.74) is 0.921. The van der Waals surface area contributed by atoms with Crippen LogP contribution in [0.25, 0.3) is 10.2 Å². The molecule has 0 N–H and O–H groups in total. The highest BCUT2D eigenvalue weighted by Crippen LogP contribution is 2.27. The van der Waals surface area contributed by atoms with Crippen LogP contribution in [-0.2, 0) is 11.3 Å². The Kier molecular flexibility index (Phi) is 6.05. The molecule has 3 aromatic rings. The van der Waals surface area contributed by atoms with E-state index in [9.17, 15) is 4.79 Å². The highest BCUT2D eigenvalue weighted by atomic mass is 79.9. The lowest BCUT2D eigenvalue weighted by molar-refractivity contribution is -0.120. The summed E-state index contributed by atoms with van der Waals surface area (Å²) in [6, 6.07) is 10.6. The van der Waals surface area contributed by atoms with Gasteiger partial charge in [-0.05, 0) is 36.4 Å². The van der Waals surface area contributed by atoms with Gasteiger partial charge in [-0.25, -0.2) is 0 Å². The van der Waals surface area contributed by atoms with Gasteiger partial charge in [-0.2, -0.15) is 4.99 Å². The minimum absolute atomic E-state index is 0.241.